The summed E-state index contributed by atoms with van der Waals surface area (Å²) < 4.78 is 0. The Labute approximate surface area is 144 Å². The molecule has 6 N–H and O–H groups in total. The number of nitrogens with two attached hydrogens (primary N) is 2. The van der Waals surface area contributed by atoms with Gasteiger partial charge in [-0.05, 0) is 46.9 Å². The highest BCUT2D eigenvalue weighted by molar-refractivity contribution is 6.06. The number of nitrogens with zero attached hydrogens (tertiary/aromatic N) is 2. The largest absolute Gasteiger partial charge is 0.409 e. The molecule has 24 heavy (non-hydrogen) atoms. The predicted molar refractivity (Wildman–Crippen MR) is 98.4 cm³/mol. The first kappa shape index (κ1) is 19.8. The van der Waals surface area contributed by atoms with Gasteiger partial charge in [-0.25, -0.2) is 0 Å². The number of amidine groups is 2. The Bertz CT molecular complexity index is 604. The molecule has 1 rings (SSSR count). The molecule has 6 heteroatoms. The summed E-state index contributed by atoms with van der Waals surface area (Å²) in [6, 6.07) is 0. The van der Waals surface area contributed by atoms with Crippen molar-refractivity contribution >= 4 is 11.7 Å². The van der Waals surface area contributed by atoms with Gasteiger partial charge in [0.1, 0.15) is 0 Å². The molecular formula is C18H30N4O2. The van der Waals surface area contributed by atoms with Crippen molar-refractivity contribution < 1.29 is 10.4 Å². The molecule has 0 unspecified atom stereocenters. The third-order valence-electron chi connectivity index (χ3n) is 4.38. The van der Waals surface area contributed by atoms with Crippen molar-refractivity contribution in [1.29, 1.82) is 0 Å². The Morgan fingerprint density at radius 3 is 1.25 bits per heavy atom. The molecule has 0 saturated heterocycles. The number of rotatable bonds is 6. The summed E-state index contributed by atoms with van der Waals surface area (Å²) in [5, 5.41) is 25.1. The fraction of sp³-hybridized carbons (Fsp3) is 0.556. The van der Waals surface area contributed by atoms with E-state index in [1.54, 1.807) is 0 Å². The van der Waals surface area contributed by atoms with Crippen molar-refractivity contribution in [3.8, 4) is 0 Å². The lowest BCUT2D eigenvalue weighted by Crippen LogP contribution is -2.27. The molecule has 0 spiro atoms. The molecule has 0 bridgehead atoms. The SMILES string of the molecule is CCc1c(/C(N)=N/O)c(C(C)C)c(CC)c(/C(N)=N/O)c1C(C)C. The Hall–Kier alpha value is -2.24. The molecule has 0 saturated carbocycles. The first-order valence-electron chi connectivity index (χ1n) is 8.43. The highest BCUT2D eigenvalue weighted by atomic mass is 16.4. The summed E-state index contributed by atoms with van der Waals surface area (Å²) in [5.74, 6) is 0.510. The van der Waals surface area contributed by atoms with Crippen LogP contribution in [-0.2, 0) is 12.8 Å². The Morgan fingerprint density at radius 1 is 0.792 bits per heavy atom. The van der Waals surface area contributed by atoms with Gasteiger partial charge in [0.15, 0.2) is 11.7 Å². The predicted octanol–water partition coefficient (Wildman–Crippen LogP) is 3.25. The van der Waals surface area contributed by atoms with Crippen LogP contribution in [0, 0.1) is 0 Å². The molecule has 6 nitrogen and oxygen atoms in total. The first-order valence-corrected chi connectivity index (χ1v) is 8.43. The highest BCUT2D eigenvalue weighted by Gasteiger charge is 2.28. The number of hydrogen-bond donors (Lipinski definition) is 4. The Kier molecular flexibility index (Phi) is 6.63. The zero-order valence-corrected chi connectivity index (χ0v) is 15.5. The number of hydrogen-bond acceptors (Lipinski definition) is 4. The van der Waals surface area contributed by atoms with Gasteiger partial charge in [-0.2, -0.15) is 0 Å². The maximum Gasteiger partial charge on any atom is 0.170 e. The van der Waals surface area contributed by atoms with E-state index in [1.165, 1.54) is 0 Å². The van der Waals surface area contributed by atoms with Crippen LogP contribution in [-0.4, -0.2) is 22.1 Å². The van der Waals surface area contributed by atoms with Crippen LogP contribution in [0.15, 0.2) is 10.3 Å². The molecule has 0 aliphatic carbocycles. The van der Waals surface area contributed by atoms with Crippen LogP contribution in [0.25, 0.3) is 0 Å². The van der Waals surface area contributed by atoms with E-state index in [4.69, 9.17) is 11.5 Å². The summed E-state index contributed by atoms with van der Waals surface area (Å²) in [7, 11) is 0. The van der Waals surface area contributed by atoms with Gasteiger partial charge in [-0.1, -0.05) is 51.9 Å². The van der Waals surface area contributed by atoms with E-state index in [1.807, 2.05) is 13.8 Å². The van der Waals surface area contributed by atoms with E-state index >= 15 is 0 Å². The van der Waals surface area contributed by atoms with Crippen LogP contribution in [0.3, 0.4) is 0 Å². The molecule has 0 amide bonds. The quantitative estimate of drug-likeness (QED) is 0.276. The highest BCUT2D eigenvalue weighted by Crippen LogP contribution is 2.37. The maximum absolute atomic E-state index is 9.31. The molecule has 0 heterocycles. The van der Waals surface area contributed by atoms with E-state index in [0.29, 0.717) is 12.8 Å². The molecular weight excluding hydrogens is 304 g/mol. The number of oxime groups is 2. The van der Waals surface area contributed by atoms with E-state index in [9.17, 15) is 10.4 Å². The minimum atomic E-state index is 0.109. The fourth-order valence-corrected chi connectivity index (χ4v) is 3.59. The third-order valence-corrected chi connectivity index (χ3v) is 4.38. The summed E-state index contributed by atoms with van der Waals surface area (Å²) in [6.07, 6.45) is 1.41. The lowest BCUT2D eigenvalue weighted by molar-refractivity contribution is 0.318. The molecule has 134 valence electrons. The average Bonchev–Trinajstić information content (AvgIpc) is 2.56. The molecule has 0 fully saturated rings. The standard InChI is InChI=1S/C18H30N4O2/c1-7-11-13(9(3)4)16(18(20)22-24)12(8-2)14(10(5)6)15(11)17(19)21-23/h9-10,23-24H,7-8H2,1-6H3,(H2,19,21)(H2,20,22). The van der Waals surface area contributed by atoms with Crippen LogP contribution >= 0.6 is 0 Å². The van der Waals surface area contributed by atoms with Crippen molar-refractivity contribution in [3.05, 3.63) is 33.4 Å². The van der Waals surface area contributed by atoms with Gasteiger partial charge in [0.25, 0.3) is 0 Å². The van der Waals surface area contributed by atoms with Gasteiger partial charge in [0.2, 0.25) is 0 Å². The summed E-state index contributed by atoms with van der Waals surface area (Å²) >= 11 is 0. The molecule has 0 atom stereocenters. The Balaban J connectivity index is 4.24. The summed E-state index contributed by atoms with van der Waals surface area (Å²) in [5.41, 5.74) is 17.6. The van der Waals surface area contributed by atoms with Crippen molar-refractivity contribution in [1.82, 2.24) is 0 Å². The van der Waals surface area contributed by atoms with Crippen molar-refractivity contribution in [3.63, 3.8) is 0 Å². The fourth-order valence-electron chi connectivity index (χ4n) is 3.59. The van der Waals surface area contributed by atoms with Crippen molar-refractivity contribution in [2.75, 3.05) is 0 Å². The van der Waals surface area contributed by atoms with Crippen LogP contribution in [0.5, 0.6) is 0 Å². The minimum absolute atomic E-state index is 0.109. The molecule has 0 radical (unpaired) electrons. The number of benzene rings is 1. The van der Waals surface area contributed by atoms with Gasteiger partial charge >= 0.3 is 0 Å². The Morgan fingerprint density at radius 2 is 1.08 bits per heavy atom. The van der Waals surface area contributed by atoms with E-state index in [0.717, 1.165) is 33.4 Å². The smallest absolute Gasteiger partial charge is 0.170 e. The van der Waals surface area contributed by atoms with Gasteiger partial charge in [0, 0.05) is 11.1 Å². The second kappa shape index (κ2) is 8.04. The zero-order chi connectivity index (χ0) is 18.6. The van der Waals surface area contributed by atoms with E-state index in [2.05, 4.69) is 38.0 Å². The van der Waals surface area contributed by atoms with Crippen molar-refractivity contribution in [2.45, 2.75) is 66.2 Å². The molecule has 0 aliphatic heterocycles. The normalized spacial score (nSPS) is 13.2. The minimum Gasteiger partial charge on any atom is -0.409 e. The van der Waals surface area contributed by atoms with Crippen LogP contribution in [0.4, 0.5) is 0 Å². The summed E-state index contributed by atoms with van der Waals surface area (Å²) in [4.78, 5) is 0. The monoisotopic (exact) mass is 334 g/mol. The molecule has 1 aromatic rings. The first-order chi connectivity index (χ1) is 11.3. The van der Waals surface area contributed by atoms with Gasteiger partial charge in [-0.3, -0.25) is 0 Å². The lowest BCUT2D eigenvalue weighted by atomic mass is 9.77. The lowest BCUT2D eigenvalue weighted by Gasteiger charge is -2.28. The van der Waals surface area contributed by atoms with Gasteiger partial charge in [0.05, 0.1) is 0 Å². The van der Waals surface area contributed by atoms with Crippen molar-refractivity contribution in [2.24, 2.45) is 21.8 Å². The van der Waals surface area contributed by atoms with Crippen LogP contribution in [0.2, 0.25) is 0 Å². The summed E-state index contributed by atoms with van der Waals surface area (Å²) in [6.45, 7) is 12.3. The molecule has 0 aliphatic rings. The van der Waals surface area contributed by atoms with Gasteiger partial charge < -0.3 is 21.9 Å². The second-order valence-corrected chi connectivity index (χ2v) is 6.52. The molecule has 1 aromatic carbocycles. The topological polar surface area (TPSA) is 117 Å². The van der Waals surface area contributed by atoms with Crippen LogP contribution < -0.4 is 11.5 Å². The molecule has 0 aromatic heterocycles. The maximum atomic E-state index is 9.31. The zero-order valence-electron chi connectivity index (χ0n) is 15.5. The van der Waals surface area contributed by atoms with Crippen LogP contribution in [0.1, 0.15) is 86.8 Å². The second-order valence-electron chi connectivity index (χ2n) is 6.52. The van der Waals surface area contributed by atoms with E-state index in [-0.39, 0.29) is 23.5 Å². The third kappa shape index (κ3) is 3.32. The average molecular weight is 334 g/mol. The van der Waals surface area contributed by atoms with Gasteiger partial charge in [-0.15, -0.1) is 0 Å². The van der Waals surface area contributed by atoms with E-state index < -0.39 is 0 Å².